The molecule has 6 heteroatoms. The van der Waals surface area contributed by atoms with E-state index < -0.39 is 5.97 Å². The number of aliphatic carboxylic acids is 1. The van der Waals surface area contributed by atoms with Crippen LogP contribution in [0.3, 0.4) is 0 Å². The van der Waals surface area contributed by atoms with E-state index in [1.54, 1.807) is 13.3 Å². The van der Waals surface area contributed by atoms with Gasteiger partial charge in [-0.1, -0.05) is 0 Å². The van der Waals surface area contributed by atoms with Crippen LogP contribution in [0.25, 0.3) is 0 Å². The van der Waals surface area contributed by atoms with Gasteiger partial charge < -0.3 is 9.84 Å². The molecule has 1 aliphatic heterocycles. The summed E-state index contributed by atoms with van der Waals surface area (Å²) in [5.74, 6) is -0.809. The summed E-state index contributed by atoms with van der Waals surface area (Å²) >= 11 is 0. The first-order chi connectivity index (χ1) is 7.70. The van der Waals surface area contributed by atoms with E-state index >= 15 is 0 Å². The van der Waals surface area contributed by atoms with Crippen molar-refractivity contribution < 1.29 is 14.6 Å². The number of carboxylic acid groups (broad SMARTS) is 1. The second-order valence-corrected chi connectivity index (χ2v) is 3.92. The molecule has 0 radical (unpaired) electrons. The summed E-state index contributed by atoms with van der Waals surface area (Å²) in [4.78, 5) is 12.5. The number of aromatic nitrogens is 2. The number of ether oxygens (including phenoxy) is 1. The van der Waals surface area contributed by atoms with Crippen molar-refractivity contribution in [1.29, 1.82) is 0 Å². The quantitative estimate of drug-likeness (QED) is 0.771. The molecule has 0 aromatic carbocycles. The molecule has 0 unspecified atom stereocenters. The number of methoxy groups -OCH3 is 1. The van der Waals surface area contributed by atoms with Crippen LogP contribution in [0.5, 0.6) is 0 Å². The molecule has 2 rings (SSSR count). The van der Waals surface area contributed by atoms with Crippen molar-refractivity contribution in [2.45, 2.75) is 12.1 Å². The van der Waals surface area contributed by atoms with Crippen LogP contribution in [0, 0.1) is 0 Å². The highest BCUT2D eigenvalue weighted by molar-refractivity contribution is 5.69. The normalized spacial score (nSPS) is 26.1. The minimum absolute atomic E-state index is 0.000694. The van der Waals surface area contributed by atoms with Crippen LogP contribution < -0.4 is 0 Å². The highest BCUT2D eigenvalue weighted by atomic mass is 16.5. The summed E-state index contributed by atoms with van der Waals surface area (Å²) in [7, 11) is 1.64. The number of hydrogen-bond acceptors (Lipinski definition) is 4. The molecule has 1 fully saturated rings. The van der Waals surface area contributed by atoms with E-state index in [1.807, 2.05) is 21.8 Å². The van der Waals surface area contributed by atoms with E-state index in [0.717, 1.165) is 0 Å². The van der Waals surface area contributed by atoms with Crippen LogP contribution >= 0.6 is 0 Å². The second kappa shape index (κ2) is 4.63. The zero-order valence-corrected chi connectivity index (χ0v) is 9.11. The van der Waals surface area contributed by atoms with Crippen molar-refractivity contribution in [3.05, 3.63) is 18.5 Å². The minimum Gasteiger partial charge on any atom is -0.480 e. The van der Waals surface area contributed by atoms with Crippen LogP contribution in [-0.2, 0) is 9.53 Å². The summed E-state index contributed by atoms with van der Waals surface area (Å²) in [5, 5.41) is 12.9. The molecule has 1 aromatic rings. The van der Waals surface area contributed by atoms with Crippen molar-refractivity contribution in [2.75, 3.05) is 26.7 Å². The number of likely N-dealkylation sites (tertiary alicyclic amines) is 1. The first-order valence-electron chi connectivity index (χ1n) is 5.17. The molecule has 88 valence electrons. The van der Waals surface area contributed by atoms with E-state index in [9.17, 15) is 4.79 Å². The van der Waals surface area contributed by atoms with Gasteiger partial charge in [0.1, 0.15) is 0 Å². The van der Waals surface area contributed by atoms with Gasteiger partial charge in [0.25, 0.3) is 0 Å². The lowest BCUT2D eigenvalue weighted by Crippen LogP contribution is -2.28. The minimum atomic E-state index is -0.809. The first kappa shape index (κ1) is 11.1. The molecule has 0 bridgehead atoms. The molecular weight excluding hydrogens is 210 g/mol. The summed E-state index contributed by atoms with van der Waals surface area (Å²) in [6.07, 6.45) is 3.59. The molecule has 2 atom stereocenters. The average molecular weight is 225 g/mol. The Hall–Kier alpha value is -1.40. The van der Waals surface area contributed by atoms with Crippen molar-refractivity contribution in [3.63, 3.8) is 0 Å². The molecule has 1 saturated heterocycles. The summed E-state index contributed by atoms with van der Waals surface area (Å²) in [6.45, 7) is 1.34. The number of carboxylic acids is 1. The van der Waals surface area contributed by atoms with Gasteiger partial charge in [-0.2, -0.15) is 5.10 Å². The Morgan fingerprint density at radius 3 is 3.00 bits per heavy atom. The predicted molar refractivity (Wildman–Crippen MR) is 56.1 cm³/mol. The Kier molecular flexibility index (Phi) is 3.21. The topological polar surface area (TPSA) is 67.6 Å². The van der Waals surface area contributed by atoms with E-state index in [1.165, 1.54) is 0 Å². The molecule has 1 aromatic heterocycles. The zero-order chi connectivity index (χ0) is 11.5. The fraction of sp³-hybridized carbons (Fsp3) is 0.600. The Balaban J connectivity index is 2.05. The van der Waals surface area contributed by atoms with Crippen LogP contribution in [-0.4, -0.2) is 58.6 Å². The predicted octanol–water partition coefficient (Wildman–Crippen LogP) is -0.161. The molecule has 1 aliphatic rings. The third kappa shape index (κ3) is 2.23. The number of nitrogens with zero attached hydrogens (tertiary/aromatic N) is 3. The van der Waals surface area contributed by atoms with Crippen molar-refractivity contribution in [1.82, 2.24) is 14.7 Å². The lowest BCUT2D eigenvalue weighted by molar-refractivity contribution is -0.138. The summed E-state index contributed by atoms with van der Waals surface area (Å²) < 4.78 is 7.19. The molecular formula is C10H15N3O3. The summed E-state index contributed by atoms with van der Waals surface area (Å²) in [6, 6.07) is 1.95. The third-order valence-corrected chi connectivity index (χ3v) is 2.84. The summed E-state index contributed by atoms with van der Waals surface area (Å²) in [5.41, 5.74) is 0. The lowest BCUT2D eigenvalue weighted by Gasteiger charge is -2.16. The van der Waals surface area contributed by atoms with Gasteiger partial charge in [-0.05, 0) is 6.07 Å². The van der Waals surface area contributed by atoms with Gasteiger partial charge in [0.2, 0.25) is 0 Å². The van der Waals surface area contributed by atoms with Gasteiger partial charge in [-0.25, -0.2) is 0 Å². The molecule has 16 heavy (non-hydrogen) atoms. The van der Waals surface area contributed by atoms with Crippen LogP contribution in [0.1, 0.15) is 6.04 Å². The van der Waals surface area contributed by atoms with E-state index in [-0.39, 0.29) is 18.7 Å². The van der Waals surface area contributed by atoms with Gasteiger partial charge in [0.05, 0.1) is 18.7 Å². The van der Waals surface area contributed by atoms with Crippen molar-refractivity contribution in [2.24, 2.45) is 0 Å². The highest BCUT2D eigenvalue weighted by Crippen LogP contribution is 2.23. The van der Waals surface area contributed by atoms with E-state index in [4.69, 9.17) is 9.84 Å². The molecule has 1 N–H and O–H groups in total. The molecule has 0 saturated carbocycles. The van der Waals surface area contributed by atoms with Gasteiger partial charge in [0.15, 0.2) is 0 Å². The van der Waals surface area contributed by atoms with Crippen molar-refractivity contribution >= 4 is 5.97 Å². The van der Waals surface area contributed by atoms with E-state index in [0.29, 0.717) is 13.1 Å². The maximum Gasteiger partial charge on any atom is 0.317 e. The van der Waals surface area contributed by atoms with Gasteiger partial charge >= 0.3 is 5.97 Å². The molecule has 6 nitrogen and oxygen atoms in total. The molecule has 0 aliphatic carbocycles. The Morgan fingerprint density at radius 1 is 1.62 bits per heavy atom. The maximum absolute atomic E-state index is 10.6. The first-order valence-corrected chi connectivity index (χ1v) is 5.17. The monoisotopic (exact) mass is 225 g/mol. The average Bonchev–Trinajstić information content (AvgIpc) is 2.83. The Morgan fingerprint density at radius 2 is 2.44 bits per heavy atom. The van der Waals surface area contributed by atoms with Gasteiger partial charge in [-0.15, -0.1) is 0 Å². The van der Waals surface area contributed by atoms with Crippen molar-refractivity contribution in [3.8, 4) is 0 Å². The maximum atomic E-state index is 10.6. The zero-order valence-electron chi connectivity index (χ0n) is 9.11. The standard InChI is InChI=1S/C10H15N3O3/c1-16-9-6-12(7-10(14)15)5-8(9)13-4-2-3-11-13/h2-4,8-9H,5-7H2,1H3,(H,14,15)/t8-,9+/m0/s1. The highest BCUT2D eigenvalue weighted by Gasteiger charge is 2.35. The van der Waals surface area contributed by atoms with Crippen LogP contribution in [0.15, 0.2) is 18.5 Å². The number of carbonyl (C=O) groups is 1. The SMILES string of the molecule is CO[C@@H]1CN(CC(=O)O)C[C@@H]1n1cccn1. The fourth-order valence-corrected chi connectivity index (χ4v) is 2.12. The fourth-order valence-electron chi connectivity index (χ4n) is 2.12. The van der Waals surface area contributed by atoms with Crippen LogP contribution in [0.2, 0.25) is 0 Å². The number of rotatable bonds is 4. The molecule has 0 amide bonds. The van der Waals surface area contributed by atoms with Gasteiger partial charge in [0, 0.05) is 32.6 Å². The number of hydrogen-bond donors (Lipinski definition) is 1. The van der Waals surface area contributed by atoms with Crippen LogP contribution in [0.4, 0.5) is 0 Å². The Bertz CT molecular complexity index is 352. The lowest BCUT2D eigenvalue weighted by atomic mass is 10.2. The molecule has 0 spiro atoms. The largest absolute Gasteiger partial charge is 0.480 e. The second-order valence-electron chi connectivity index (χ2n) is 3.92. The van der Waals surface area contributed by atoms with E-state index in [2.05, 4.69) is 5.10 Å². The Labute approximate surface area is 93.4 Å². The third-order valence-electron chi connectivity index (χ3n) is 2.84. The van der Waals surface area contributed by atoms with Gasteiger partial charge in [-0.3, -0.25) is 14.4 Å². The molecule has 2 heterocycles. The smallest absolute Gasteiger partial charge is 0.317 e.